The van der Waals surface area contributed by atoms with Crippen LogP contribution in [-0.2, 0) is 14.3 Å². The molecular formula is C20H26N2O7. The third kappa shape index (κ3) is 4.31. The van der Waals surface area contributed by atoms with E-state index >= 15 is 0 Å². The second-order valence-corrected chi connectivity index (χ2v) is 7.54. The zero-order valence-electron chi connectivity index (χ0n) is 16.3. The molecule has 9 heteroatoms. The Balaban J connectivity index is 1.54. The third-order valence-corrected chi connectivity index (χ3v) is 5.55. The highest BCUT2D eigenvalue weighted by molar-refractivity contribution is 5.95. The van der Waals surface area contributed by atoms with Gasteiger partial charge in [0.15, 0.2) is 11.5 Å². The molecule has 1 aromatic carbocycles. The maximum atomic E-state index is 13.3. The molecule has 29 heavy (non-hydrogen) atoms. The highest BCUT2D eigenvalue weighted by atomic mass is 16.7. The summed E-state index contributed by atoms with van der Waals surface area (Å²) in [7, 11) is 1.60. The molecule has 0 aliphatic carbocycles. The molecule has 0 bridgehead atoms. The Labute approximate surface area is 168 Å². The average Bonchev–Trinajstić information content (AvgIpc) is 3.18. The van der Waals surface area contributed by atoms with Crippen LogP contribution in [0, 0.1) is 0 Å². The molecule has 158 valence electrons. The summed E-state index contributed by atoms with van der Waals surface area (Å²) >= 11 is 0. The van der Waals surface area contributed by atoms with E-state index in [-0.39, 0.29) is 63.0 Å². The topological polar surface area (TPSA) is 107 Å². The standard InChI is InChI=1S/C20H26N2O7/c1-21-19(24)7-14-3-4-15-18(29-14)10-26-9-13(23)8-22(15)20(25)12-2-5-16-17(6-12)28-11-27-16/h2,5-6,13-15,18,23H,3-4,7-11H2,1H3,(H,21,24)/t13-,14-,15-,18+/m0/s1. The zero-order chi connectivity index (χ0) is 20.4. The van der Waals surface area contributed by atoms with Crippen molar-refractivity contribution in [2.45, 2.75) is 43.6 Å². The lowest BCUT2D eigenvalue weighted by atomic mass is 9.94. The van der Waals surface area contributed by atoms with Crippen LogP contribution in [-0.4, -0.2) is 79.8 Å². The van der Waals surface area contributed by atoms with Crippen molar-refractivity contribution in [3.8, 4) is 11.5 Å². The van der Waals surface area contributed by atoms with E-state index in [0.717, 1.165) is 0 Å². The number of amides is 2. The van der Waals surface area contributed by atoms with Crippen LogP contribution in [0.2, 0.25) is 0 Å². The molecule has 2 N–H and O–H groups in total. The van der Waals surface area contributed by atoms with Gasteiger partial charge in [0.2, 0.25) is 12.7 Å². The number of hydrogen-bond acceptors (Lipinski definition) is 7. The normalized spacial score (nSPS) is 28.8. The first kappa shape index (κ1) is 19.9. The minimum absolute atomic E-state index is 0.0797. The van der Waals surface area contributed by atoms with Crippen molar-refractivity contribution in [3.63, 3.8) is 0 Å². The molecule has 3 aliphatic rings. The predicted molar refractivity (Wildman–Crippen MR) is 101 cm³/mol. The van der Waals surface area contributed by atoms with Crippen molar-refractivity contribution in [3.05, 3.63) is 23.8 Å². The number of aliphatic hydroxyl groups is 1. The fourth-order valence-electron chi connectivity index (χ4n) is 4.08. The van der Waals surface area contributed by atoms with E-state index < -0.39 is 6.10 Å². The summed E-state index contributed by atoms with van der Waals surface area (Å²) in [6.45, 7) is 0.671. The fraction of sp³-hybridized carbons (Fsp3) is 0.600. The molecule has 9 nitrogen and oxygen atoms in total. The van der Waals surface area contributed by atoms with Gasteiger partial charge in [0, 0.05) is 19.2 Å². The van der Waals surface area contributed by atoms with Gasteiger partial charge >= 0.3 is 0 Å². The van der Waals surface area contributed by atoms with Crippen molar-refractivity contribution in [2.75, 3.05) is 33.6 Å². The van der Waals surface area contributed by atoms with Crippen molar-refractivity contribution in [1.82, 2.24) is 10.2 Å². The third-order valence-electron chi connectivity index (χ3n) is 5.55. The first-order valence-corrected chi connectivity index (χ1v) is 9.87. The minimum atomic E-state index is -0.780. The molecular weight excluding hydrogens is 380 g/mol. The van der Waals surface area contributed by atoms with Gasteiger partial charge in [0.05, 0.1) is 37.9 Å². The molecule has 2 saturated heterocycles. The maximum Gasteiger partial charge on any atom is 0.254 e. The summed E-state index contributed by atoms with van der Waals surface area (Å²) in [6, 6.07) is 4.83. The summed E-state index contributed by atoms with van der Waals surface area (Å²) in [5, 5.41) is 12.9. The number of aliphatic hydroxyl groups excluding tert-OH is 1. The maximum absolute atomic E-state index is 13.3. The van der Waals surface area contributed by atoms with Crippen LogP contribution in [0.4, 0.5) is 0 Å². The molecule has 0 saturated carbocycles. The molecule has 0 unspecified atom stereocenters. The smallest absolute Gasteiger partial charge is 0.254 e. The minimum Gasteiger partial charge on any atom is -0.454 e. The van der Waals surface area contributed by atoms with Crippen LogP contribution in [0.25, 0.3) is 0 Å². The zero-order valence-corrected chi connectivity index (χ0v) is 16.3. The van der Waals surface area contributed by atoms with Crippen molar-refractivity contribution in [1.29, 1.82) is 0 Å². The first-order chi connectivity index (χ1) is 14.0. The number of carbonyl (C=O) groups is 2. The van der Waals surface area contributed by atoms with Crippen molar-refractivity contribution in [2.24, 2.45) is 0 Å². The number of carbonyl (C=O) groups excluding carboxylic acids is 2. The van der Waals surface area contributed by atoms with E-state index in [1.54, 1.807) is 30.1 Å². The molecule has 4 rings (SSSR count). The van der Waals surface area contributed by atoms with E-state index in [1.165, 1.54) is 0 Å². The van der Waals surface area contributed by atoms with Crippen LogP contribution < -0.4 is 14.8 Å². The van der Waals surface area contributed by atoms with Gasteiger partial charge in [-0.1, -0.05) is 0 Å². The Bertz CT molecular complexity index is 771. The van der Waals surface area contributed by atoms with Crippen LogP contribution in [0.15, 0.2) is 18.2 Å². The highest BCUT2D eigenvalue weighted by Crippen LogP contribution is 2.34. The van der Waals surface area contributed by atoms with Gasteiger partial charge in [-0.2, -0.15) is 0 Å². The van der Waals surface area contributed by atoms with Gasteiger partial charge in [-0.15, -0.1) is 0 Å². The van der Waals surface area contributed by atoms with Gasteiger partial charge in [-0.05, 0) is 31.0 Å². The molecule has 2 fully saturated rings. The summed E-state index contributed by atoms with van der Waals surface area (Å²) in [4.78, 5) is 26.7. The summed E-state index contributed by atoms with van der Waals surface area (Å²) < 4.78 is 22.4. The van der Waals surface area contributed by atoms with Crippen molar-refractivity contribution >= 4 is 11.8 Å². The largest absolute Gasteiger partial charge is 0.454 e. The number of nitrogens with zero attached hydrogens (tertiary/aromatic N) is 1. The second-order valence-electron chi connectivity index (χ2n) is 7.54. The number of β-amino-alcohol motifs (C(OH)–C–C–N with tert-alkyl or cyclic N) is 1. The van der Waals surface area contributed by atoms with E-state index in [2.05, 4.69) is 5.32 Å². The summed E-state index contributed by atoms with van der Waals surface area (Å²) in [5.74, 6) is 0.865. The Kier molecular flexibility index (Phi) is 5.89. The van der Waals surface area contributed by atoms with Crippen LogP contribution in [0.3, 0.4) is 0 Å². The first-order valence-electron chi connectivity index (χ1n) is 9.87. The fourth-order valence-corrected chi connectivity index (χ4v) is 4.08. The molecule has 0 spiro atoms. The lowest BCUT2D eigenvalue weighted by molar-refractivity contribution is -0.150. The van der Waals surface area contributed by atoms with Crippen molar-refractivity contribution < 1.29 is 33.6 Å². The van der Waals surface area contributed by atoms with E-state index in [9.17, 15) is 14.7 Å². The number of ether oxygens (including phenoxy) is 4. The molecule has 2 amide bonds. The monoisotopic (exact) mass is 406 g/mol. The van der Waals surface area contributed by atoms with Gasteiger partial charge < -0.3 is 34.3 Å². The Morgan fingerprint density at radius 1 is 1.21 bits per heavy atom. The Morgan fingerprint density at radius 2 is 2.03 bits per heavy atom. The van der Waals surface area contributed by atoms with E-state index in [1.807, 2.05) is 0 Å². The number of benzene rings is 1. The number of fused-ring (bicyclic) bond motifs is 2. The average molecular weight is 406 g/mol. The second kappa shape index (κ2) is 8.56. The lowest BCUT2D eigenvalue weighted by Gasteiger charge is -2.44. The quantitative estimate of drug-likeness (QED) is 0.744. The summed E-state index contributed by atoms with van der Waals surface area (Å²) in [6.07, 6.45) is 0.236. The molecule has 0 radical (unpaired) electrons. The number of rotatable bonds is 3. The number of nitrogens with one attached hydrogen (secondary N) is 1. The van der Waals surface area contributed by atoms with E-state index in [4.69, 9.17) is 18.9 Å². The molecule has 4 atom stereocenters. The molecule has 3 heterocycles. The van der Waals surface area contributed by atoms with Gasteiger partial charge in [-0.3, -0.25) is 9.59 Å². The van der Waals surface area contributed by atoms with Gasteiger partial charge in [-0.25, -0.2) is 0 Å². The Morgan fingerprint density at radius 3 is 2.86 bits per heavy atom. The Hall–Kier alpha value is -2.36. The molecule has 1 aromatic rings. The van der Waals surface area contributed by atoms with Gasteiger partial charge in [0.25, 0.3) is 5.91 Å². The lowest BCUT2D eigenvalue weighted by Crippen LogP contribution is -2.57. The molecule has 3 aliphatic heterocycles. The SMILES string of the molecule is CNC(=O)C[C@@H]1CC[C@H]2[C@@H](COC[C@@H](O)CN2C(=O)c2ccc3c(c2)OCO3)O1. The van der Waals surface area contributed by atoms with Crippen LogP contribution in [0.5, 0.6) is 11.5 Å². The van der Waals surface area contributed by atoms with E-state index in [0.29, 0.717) is 29.9 Å². The number of hydrogen-bond donors (Lipinski definition) is 2. The van der Waals surface area contributed by atoms with Gasteiger partial charge in [0.1, 0.15) is 6.10 Å². The van der Waals surface area contributed by atoms with Crippen LogP contribution in [0.1, 0.15) is 29.6 Å². The van der Waals surface area contributed by atoms with Crippen LogP contribution >= 0.6 is 0 Å². The highest BCUT2D eigenvalue weighted by Gasteiger charge is 2.40. The molecule has 0 aromatic heterocycles. The predicted octanol–water partition coefficient (Wildman–Crippen LogP) is 0.301. The summed E-state index contributed by atoms with van der Waals surface area (Å²) in [5.41, 5.74) is 0.467.